The molecule has 0 aromatic heterocycles. The number of methoxy groups -OCH3 is 2. The van der Waals surface area contributed by atoms with E-state index in [0.29, 0.717) is 0 Å². The van der Waals surface area contributed by atoms with Gasteiger partial charge in [-0.1, -0.05) is 19.8 Å². The molecule has 0 radical (unpaired) electrons. The third-order valence-electron chi connectivity index (χ3n) is 2.76. The van der Waals surface area contributed by atoms with Crippen LogP contribution in [0, 0.1) is 0 Å². The summed E-state index contributed by atoms with van der Waals surface area (Å²) < 4.78 is 10.5. The van der Waals surface area contributed by atoms with Crippen LogP contribution in [-0.4, -0.2) is 20.8 Å². The Morgan fingerprint density at radius 1 is 1.12 bits per heavy atom. The zero-order valence-corrected chi connectivity index (χ0v) is 11.1. The van der Waals surface area contributed by atoms with Crippen LogP contribution in [0.1, 0.15) is 31.7 Å². The lowest BCUT2D eigenvalue weighted by atomic mass is 10.2. The molecule has 0 bridgehead atoms. The summed E-state index contributed by atoms with van der Waals surface area (Å²) in [6, 6.07) is 5.88. The molecular formula is C14H23NO2. The first kappa shape index (κ1) is 13.8. The van der Waals surface area contributed by atoms with Crippen molar-refractivity contribution in [2.24, 2.45) is 0 Å². The summed E-state index contributed by atoms with van der Waals surface area (Å²) in [4.78, 5) is 0. The van der Waals surface area contributed by atoms with Crippen LogP contribution < -0.4 is 14.8 Å². The maximum atomic E-state index is 5.33. The molecular weight excluding hydrogens is 214 g/mol. The molecule has 1 aromatic rings. The lowest BCUT2D eigenvalue weighted by molar-refractivity contribution is 0.397. The Balaban J connectivity index is 2.49. The van der Waals surface area contributed by atoms with E-state index in [4.69, 9.17) is 9.47 Å². The van der Waals surface area contributed by atoms with Crippen molar-refractivity contribution in [3.8, 4) is 11.5 Å². The molecule has 0 unspecified atom stereocenters. The first-order chi connectivity index (χ1) is 8.31. The largest absolute Gasteiger partial charge is 0.497 e. The average molecular weight is 237 g/mol. The summed E-state index contributed by atoms with van der Waals surface area (Å²) in [6.45, 7) is 4.09. The van der Waals surface area contributed by atoms with Gasteiger partial charge in [0.1, 0.15) is 11.5 Å². The van der Waals surface area contributed by atoms with Gasteiger partial charge in [-0.15, -0.1) is 0 Å². The van der Waals surface area contributed by atoms with Gasteiger partial charge in [0, 0.05) is 12.1 Å². The Kier molecular flexibility index (Phi) is 6.48. The van der Waals surface area contributed by atoms with E-state index in [9.17, 15) is 0 Å². The number of unbranched alkanes of at least 4 members (excludes halogenated alkanes) is 2. The fraction of sp³-hybridized carbons (Fsp3) is 0.571. The van der Waals surface area contributed by atoms with Crippen LogP contribution in [-0.2, 0) is 6.54 Å². The Morgan fingerprint density at radius 3 is 2.59 bits per heavy atom. The highest BCUT2D eigenvalue weighted by atomic mass is 16.5. The zero-order valence-electron chi connectivity index (χ0n) is 11.1. The highest BCUT2D eigenvalue weighted by Crippen LogP contribution is 2.23. The van der Waals surface area contributed by atoms with Crippen LogP contribution in [0.5, 0.6) is 11.5 Å². The number of rotatable bonds is 8. The summed E-state index contributed by atoms with van der Waals surface area (Å²) in [5.41, 5.74) is 1.14. The third kappa shape index (κ3) is 4.65. The zero-order chi connectivity index (χ0) is 12.5. The van der Waals surface area contributed by atoms with Crippen LogP contribution >= 0.6 is 0 Å². The lowest BCUT2D eigenvalue weighted by Gasteiger charge is -2.11. The van der Waals surface area contributed by atoms with E-state index in [1.54, 1.807) is 14.2 Å². The molecule has 1 N–H and O–H groups in total. The summed E-state index contributed by atoms with van der Waals surface area (Å²) in [5.74, 6) is 1.78. The molecule has 1 rings (SSSR count). The quantitative estimate of drug-likeness (QED) is 0.705. The predicted molar refractivity (Wildman–Crippen MR) is 70.8 cm³/mol. The molecule has 0 saturated heterocycles. The molecule has 0 amide bonds. The van der Waals surface area contributed by atoms with E-state index < -0.39 is 0 Å². The molecule has 0 heterocycles. The molecule has 1 aromatic carbocycles. The number of hydrogen-bond acceptors (Lipinski definition) is 3. The first-order valence-corrected chi connectivity index (χ1v) is 6.23. The van der Waals surface area contributed by atoms with Crippen molar-refractivity contribution < 1.29 is 9.47 Å². The molecule has 3 heteroatoms. The van der Waals surface area contributed by atoms with E-state index in [2.05, 4.69) is 12.2 Å². The van der Waals surface area contributed by atoms with Crippen molar-refractivity contribution in [1.29, 1.82) is 0 Å². The molecule has 0 aliphatic carbocycles. The van der Waals surface area contributed by atoms with Gasteiger partial charge in [-0.2, -0.15) is 0 Å². The number of hydrogen-bond donors (Lipinski definition) is 1. The molecule has 3 nitrogen and oxygen atoms in total. The SMILES string of the molecule is CCCCCNCc1cc(OC)ccc1OC. The Morgan fingerprint density at radius 2 is 1.94 bits per heavy atom. The summed E-state index contributed by atoms with van der Waals surface area (Å²) in [7, 11) is 3.38. The summed E-state index contributed by atoms with van der Waals surface area (Å²) in [5, 5.41) is 3.43. The molecule has 0 spiro atoms. The van der Waals surface area contributed by atoms with Crippen molar-refractivity contribution in [1.82, 2.24) is 5.32 Å². The average Bonchev–Trinajstić information content (AvgIpc) is 2.38. The standard InChI is InChI=1S/C14H23NO2/c1-4-5-6-9-15-11-12-10-13(16-2)7-8-14(12)17-3/h7-8,10,15H,4-6,9,11H2,1-3H3. The Labute approximate surface area is 104 Å². The molecule has 0 saturated carbocycles. The minimum absolute atomic E-state index is 0.823. The molecule has 17 heavy (non-hydrogen) atoms. The summed E-state index contributed by atoms with van der Waals surface area (Å²) >= 11 is 0. The van der Waals surface area contributed by atoms with Gasteiger partial charge in [-0.05, 0) is 31.2 Å². The van der Waals surface area contributed by atoms with Gasteiger partial charge in [0.05, 0.1) is 14.2 Å². The third-order valence-corrected chi connectivity index (χ3v) is 2.76. The molecule has 0 aliphatic heterocycles. The molecule has 0 aliphatic rings. The fourth-order valence-corrected chi connectivity index (χ4v) is 1.74. The fourth-order valence-electron chi connectivity index (χ4n) is 1.74. The molecule has 0 atom stereocenters. The van der Waals surface area contributed by atoms with E-state index in [-0.39, 0.29) is 0 Å². The highest BCUT2D eigenvalue weighted by molar-refractivity contribution is 5.40. The van der Waals surface area contributed by atoms with Gasteiger partial charge in [-0.3, -0.25) is 0 Å². The Bertz CT molecular complexity index is 326. The highest BCUT2D eigenvalue weighted by Gasteiger charge is 2.04. The predicted octanol–water partition coefficient (Wildman–Crippen LogP) is 2.98. The van der Waals surface area contributed by atoms with Crippen LogP contribution in [0.2, 0.25) is 0 Å². The lowest BCUT2D eigenvalue weighted by Crippen LogP contribution is -2.15. The van der Waals surface area contributed by atoms with Crippen LogP contribution in [0.25, 0.3) is 0 Å². The van der Waals surface area contributed by atoms with E-state index >= 15 is 0 Å². The maximum absolute atomic E-state index is 5.33. The second-order valence-corrected chi connectivity index (χ2v) is 4.06. The van der Waals surface area contributed by atoms with Crippen molar-refractivity contribution >= 4 is 0 Å². The second-order valence-electron chi connectivity index (χ2n) is 4.06. The van der Waals surface area contributed by atoms with Gasteiger partial charge in [0.25, 0.3) is 0 Å². The normalized spacial score (nSPS) is 10.3. The van der Waals surface area contributed by atoms with Crippen LogP contribution in [0.4, 0.5) is 0 Å². The minimum Gasteiger partial charge on any atom is -0.497 e. The topological polar surface area (TPSA) is 30.5 Å². The van der Waals surface area contributed by atoms with Crippen LogP contribution in [0.15, 0.2) is 18.2 Å². The van der Waals surface area contributed by atoms with Gasteiger partial charge in [0.15, 0.2) is 0 Å². The van der Waals surface area contributed by atoms with E-state index in [1.807, 2.05) is 18.2 Å². The second kappa shape index (κ2) is 7.96. The molecule has 0 fully saturated rings. The van der Waals surface area contributed by atoms with E-state index in [1.165, 1.54) is 19.3 Å². The Hall–Kier alpha value is -1.22. The maximum Gasteiger partial charge on any atom is 0.123 e. The summed E-state index contributed by atoms with van der Waals surface area (Å²) in [6.07, 6.45) is 3.76. The minimum atomic E-state index is 0.823. The van der Waals surface area contributed by atoms with Crippen molar-refractivity contribution in [2.45, 2.75) is 32.7 Å². The first-order valence-electron chi connectivity index (χ1n) is 6.23. The van der Waals surface area contributed by atoms with E-state index in [0.717, 1.165) is 30.2 Å². The monoisotopic (exact) mass is 237 g/mol. The van der Waals surface area contributed by atoms with Crippen LogP contribution in [0.3, 0.4) is 0 Å². The van der Waals surface area contributed by atoms with Gasteiger partial charge >= 0.3 is 0 Å². The van der Waals surface area contributed by atoms with Gasteiger partial charge in [0.2, 0.25) is 0 Å². The van der Waals surface area contributed by atoms with Gasteiger partial charge in [-0.25, -0.2) is 0 Å². The smallest absolute Gasteiger partial charge is 0.123 e. The number of ether oxygens (including phenoxy) is 2. The van der Waals surface area contributed by atoms with Crippen molar-refractivity contribution in [3.63, 3.8) is 0 Å². The number of benzene rings is 1. The number of nitrogens with one attached hydrogen (secondary N) is 1. The van der Waals surface area contributed by atoms with Crippen molar-refractivity contribution in [2.75, 3.05) is 20.8 Å². The molecule has 96 valence electrons. The van der Waals surface area contributed by atoms with Crippen molar-refractivity contribution in [3.05, 3.63) is 23.8 Å². The van der Waals surface area contributed by atoms with Gasteiger partial charge < -0.3 is 14.8 Å².